The van der Waals surface area contributed by atoms with Crippen molar-refractivity contribution in [3.05, 3.63) is 29.3 Å². The molecule has 4 N–H and O–H groups in total. The quantitative estimate of drug-likeness (QED) is 0.643. The van der Waals surface area contributed by atoms with Gasteiger partial charge in [0.05, 0.1) is 6.54 Å². The maximum atomic E-state index is 11.2. The standard InChI is InChI=1S/C21H27NO2/c1-20-10-7-17-16-6-4-15(23)13-14(16)3-5-18(17)19(20)8-11-21(20,24)9-2-12-22/h4,6,13,17-19,23-24H,3,5,7-8,10-12,22H2,1H3/t17-,18-,19+,20+,21+/m1/s1. The van der Waals surface area contributed by atoms with Gasteiger partial charge in [0.25, 0.3) is 0 Å². The molecule has 3 aliphatic rings. The summed E-state index contributed by atoms with van der Waals surface area (Å²) in [5, 5.41) is 21.0. The van der Waals surface area contributed by atoms with Gasteiger partial charge in [-0.1, -0.05) is 24.8 Å². The lowest BCUT2D eigenvalue weighted by Gasteiger charge is -2.52. The van der Waals surface area contributed by atoms with Gasteiger partial charge in [-0.15, -0.1) is 0 Å². The van der Waals surface area contributed by atoms with Crippen molar-refractivity contribution in [3.8, 4) is 17.6 Å². The highest BCUT2D eigenvalue weighted by atomic mass is 16.3. The van der Waals surface area contributed by atoms with Crippen LogP contribution in [0.25, 0.3) is 0 Å². The van der Waals surface area contributed by atoms with Crippen LogP contribution < -0.4 is 5.73 Å². The number of phenolic OH excluding ortho intramolecular Hbond substituents is 1. The summed E-state index contributed by atoms with van der Waals surface area (Å²) in [6.45, 7) is 2.56. The number of aromatic hydroxyl groups is 1. The molecule has 3 nitrogen and oxygen atoms in total. The fraction of sp³-hybridized carbons (Fsp3) is 0.619. The van der Waals surface area contributed by atoms with Crippen LogP contribution in [-0.4, -0.2) is 22.4 Å². The molecule has 3 aliphatic carbocycles. The molecule has 0 unspecified atom stereocenters. The van der Waals surface area contributed by atoms with Crippen molar-refractivity contribution in [3.63, 3.8) is 0 Å². The van der Waals surface area contributed by atoms with E-state index in [0.717, 1.165) is 38.5 Å². The molecule has 2 fully saturated rings. The number of rotatable bonds is 0. The van der Waals surface area contributed by atoms with Crippen LogP contribution in [0.1, 0.15) is 56.1 Å². The molecular weight excluding hydrogens is 298 g/mol. The number of phenols is 1. The van der Waals surface area contributed by atoms with E-state index in [1.54, 1.807) is 0 Å². The molecular formula is C21H27NO2. The van der Waals surface area contributed by atoms with Gasteiger partial charge in [0.1, 0.15) is 11.4 Å². The van der Waals surface area contributed by atoms with Crippen LogP contribution >= 0.6 is 0 Å². The molecule has 4 rings (SSSR count). The molecule has 2 saturated carbocycles. The number of aliphatic hydroxyl groups is 1. The normalized spacial score (nSPS) is 40.0. The van der Waals surface area contributed by atoms with Crippen LogP contribution in [0.5, 0.6) is 5.75 Å². The first-order valence-electron chi connectivity index (χ1n) is 9.23. The van der Waals surface area contributed by atoms with Crippen LogP contribution in [0.15, 0.2) is 18.2 Å². The first-order chi connectivity index (χ1) is 11.5. The molecule has 1 aromatic carbocycles. The molecule has 0 amide bonds. The van der Waals surface area contributed by atoms with Crippen molar-refractivity contribution < 1.29 is 10.2 Å². The number of benzene rings is 1. The Morgan fingerprint density at radius 2 is 2.08 bits per heavy atom. The monoisotopic (exact) mass is 325 g/mol. The van der Waals surface area contributed by atoms with Crippen molar-refractivity contribution in [1.29, 1.82) is 0 Å². The molecule has 3 heteroatoms. The van der Waals surface area contributed by atoms with Gasteiger partial charge < -0.3 is 15.9 Å². The van der Waals surface area contributed by atoms with Gasteiger partial charge >= 0.3 is 0 Å². The highest BCUT2D eigenvalue weighted by Gasteiger charge is 2.61. The zero-order valence-corrected chi connectivity index (χ0v) is 14.4. The summed E-state index contributed by atoms with van der Waals surface area (Å²) in [4.78, 5) is 0. The summed E-state index contributed by atoms with van der Waals surface area (Å²) in [7, 11) is 0. The van der Waals surface area contributed by atoms with Crippen molar-refractivity contribution in [2.75, 3.05) is 6.54 Å². The number of aryl methyl sites for hydroxylation is 1. The van der Waals surface area contributed by atoms with Crippen molar-refractivity contribution in [2.45, 2.75) is 57.0 Å². The molecule has 0 spiro atoms. The summed E-state index contributed by atoms with van der Waals surface area (Å²) in [6, 6.07) is 5.89. The van der Waals surface area contributed by atoms with E-state index >= 15 is 0 Å². The summed E-state index contributed by atoms with van der Waals surface area (Å²) >= 11 is 0. The third-order valence-electron chi connectivity index (χ3n) is 7.26. The third kappa shape index (κ3) is 2.13. The maximum absolute atomic E-state index is 11.2. The summed E-state index contributed by atoms with van der Waals surface area (Å²) in [5.41, 5.74) is 7.29. The number of hydrogen-bond acceptors (Lipinski definition) is 3. The Labute approximate surface area is 144 Å². The Bertz CT molecular complexity index is 718. The van der Waals surface area contributed by atoms with Crippen LogP contribution in [0.4, 0.5) is 0 Å². The molecule has 128 valence electrons. The molecule has 24 heavy (non-hydrogen) atoms. The fourth-order valence-corrected chi connectivity index (χ4v) is 5.99. The van der Waals surface area contributed by atoms with Gasteiger partial charge in [-0.3, -0.25) is 0 Å². The SMILES string of the molecule is C[C@]12CC[C@@H]3c4ccc(O)cc4CC[C@H]3[C@@H]1CC[C@@]2(O)C#CCN. The van der Waals surface area contributed by atoms with Crippen LogP contribution in [0.3, 0.4) is 0 Å². The average Bonchev–Trinajstić information content (AvgIpc) is 2.84. The predicted octanol–water partition coefficient (Wildman–Crippen LogP) is 2.94. The Morgan fingerprint density at radius 3 is 2.88 bits per heavy atom. The van der Waals surface area contributed by atoms with E-state index in [4.69, 9.17) is 5.73 Å². The minimum Gasteiger partial charge on any atom is -0.508 e. The largest absolute Gasteiger partial charge is 0.508 e. The van der Waals surface area contributed by atoms with Gasteiger partial charge in [0.2, 0.25) is 0 Å². The van der Waals surface area contributed by atoms with Gasteiger partial charge in [-0.25, -0.2) is 0 Å². The lowest BCUT2D eigenvalue weighted by atomic mass is 9.53. The van der Waals surface area contributed by atoms with Gasteiger partial charge in [0.15, 0.2) is 0 Å². The van der Waals surface area contributed by atoms with E-state index in [1.165, 1.54) is 11.1 Å². The second-order valence-electron chi connectivity index (χ2n) is 8.16. The van der Waals surface area contributed by atoms with Crippen molar-refractivity contribution in [1.82, 2.24) is 0 Å². The van der Waals surface area contributed by atoms with Crippen LogP contribution in [-0.2, 0) is 6.42 Å². The first kappa shape index (κ1) is 16.0. The molecule has 0 saturated heterocycles. The Kier molecular flexibility index (Phi) is 3.67. The van der Waals surface area contributed by atoms with E-state index in [2.05, 4.69) is 24.8 Å². The minimum absolute atomic E-state index is 0.120. The summed E-state index contributed by atoms with van der Waals surface area (Å²) in [5.74, 6) is 8.14. The summed E-state index contributed by atoms with van der Waals surface area (Å²) < 4.78 is 0. The number of hydrogen-bond donors (Lipinski definition) is 3. The number of fused-ring (bicyclic) bond motifs is 5. The lowest BCUT2D eigenvalue weighted by molar-refractivity contribution is -0.0648. The highest BCUT2D eigenvalue weighted by molar-refractivity contribution is 5.40. The van der Waals surface area contributed by atoms with Gasteiger partial charge in [-0.05, 0) is 79.5 Å². The van der Waals surface area contributed by atoms with Crippen LogP contribution in [0, 0.1) is 29.1 Å². The number of nitrogens with two attached hydrogens (primary N) is 1. The van der Waals surface area contributed by atoms with Gasteiger partial charge in [-0.2, -0.15) is 0 Å². The second-order valence-corrected chi connectivity index (χ2v) is 8.16. The molecule has 0 bridgehead atoms. The molecule has 1 aromatic rings. The third-order valence-corrected chi connectivity index (χ3v) is 7.26. The van der Waals surface area contributed by atoms with Crippen LogP contribution in [0.2, 0.25) is 0 Å². The molecule has 0 aliphatic heterocycles. The zero-order valence-electron chi connectivity index (χ0n) is 14.4. The van der Waals surface area contributed by atoms with E-state index in [1.807, 2.05) is 12.1 Å². The topological polar surface area (TPSA) is 66.5 Å². The van der Waals surface area contributed by atoms with E-state index in [0.29, 0.717) is 30.0 Å². The maximum Gasteiger partial charge on any atom is 0.131 e. The predicted molar refractivity (Wildman–Crippen MR) is 94.5 cm³/mol. The molecule has 0 heterocycles. The first-order valence-corrected chi connectivity index (χ1v) is 9.23. The smallest absolute Gasteiger partial charge is 0.131 e. The Morgan fingerprint density at radius 1 is 1.25 bits per heavy atom. The van der Waals surface area contributed by atoms with E-state index in [9.17, 15) is 10.2 Å². The highest BCUT2D eigenvalue weighted by Crippen LogP contribution is 2.64. The average molecular weight is 325 g/mol. The van der Waals surface area contributed by atoms with Gasteiger partial charge in [0, 0.05) is 5.41 Å². The molecule has 5 atom stereocenters. The second kappa shape index (κ2) is 5.51. The zero-order chi connectivity index (χ0) is 16.9. The summed E-state index contributed by atoms with van der Waals surface area (Å²) in [6.07, 6.45) is 6.12. The van der Waals surface area contributed by atoms with Crippen molar-refractivity contribution in [2.24, 2.45) is 23.0 Å². The van der Waals surface area contributed by atoms with E-state index < -0.39 is 5.60 Å². The van der Waals surface area contributed by atoms with E-state index in [-0.39, 0.29) is 5.41 Å². The Hall–Kier alpha value is -1.50. The Balaban J connectivity index is 1.68. The lowest BCUT2D eigenvalue weighted by Crippen LogP contribution is -2.50. The van der Waals surface area contributed by atoms with Crippen molar-refractivity contribution >= 4 is 0 Å². The molecule has 0 aromatic heterocycles. The molecule has 0 radical (unpaired) electrons. The minimum atomic E-state index is -0.878. The fourth-order valence-electron chi connectivity index (χ4n) is 5.99.